The topological polar surface area (TPSA) is 72.7 Å². The van der Waals surface area contributed by atoms with Crippen LogP contribution in [0.25, 0.3) is 0 Å². The van der Waals surface area contributed by atoms with Gasteiger partial charge in [0, 0.05) is 29.8 Å². The van der Waals surface area contributed by atoms with Crippen LogP contribution in [-0.2, 0) is 9.53 Å². The normalized spacial score (nSPS) is 19.8. The first-order chi connectivity index (χ1) is 12.6. The number of anilines is 1. The van der Waals surface area contributed by atoms with Crippen LogP contribution in [0.5, 0.6) is 0 Å². The van der Waals surface area contributed by atoms with Crippen molar-refractivity contribution in [1.82, 2.24) is 0 Å². The molecule has 0 saturated carbocycles. The molecule has 1 amide bonds. The number of benzene rings is 2. The molecule has 2 aromatic rings. The number of para-hydroxylation sites is 1. The molecule has 1 aliphatic heterocycles. The lowest BCUT2D eigenvalue weighted by Gasteiger charge is -2.39. The molecule has 1 atom stereocenters. The molecule has 1 aliphatic carbocycles. The Morgan fingerprint density at radius 3 is 2.38 bits per heavy atom. The van der Waals surface area contributed by atoms with Crippen molar-refractivity contribution in [2.45, 2.75) is 31.9 Å². The summed E-state index contributed by atoms with van der Waals surface area (Å²) in [6, 6.07) is 15.6. The SMILES string of the molecule is O=C1C2=C(CCCC2)OC(c2ccc([N+](=O)[O-])cc2)N1c1ccccc1. The first-order valence-corrected chi connectivity index (χ1v) is 8.67. The Bertz CT molecular complexity index is 874. The van der Waals surface area contributed by atoms with E-state index in [0.29, 0.717) is 5.56 Å². The number of hydrogen-bond donors (Lipinski definition) is 0. The third-order valence-corrected chi connectivity index (χ3v) is 4.81. The number of nitrogens with zero attached hydrogens (tertiary/aromatic N) is 2. The van der Waals surface area contributed by atoms with Gasteiger partial charge >= 0.3 is 0 Å². The second kappa shape index (κ2) is 6.63. The summed E-state index contributed by atoms with van der Waals surface area (Å²) >= 11 is 0. The van der Waals surface area contributed by atoms with Crippen molar-refractivity contribution in [3.63, 3.8) is 0 Å². The Kier molecular flexibility index (Phi) is 4.16. The van der Waals surface area contributed by atoms with E-state index in [1.807, 2.05) is 30.3 Å². The maximum atomic E-state index is 13.2. The van der Waals surface area contributed by atoms with E-state index in [9.17, 15) is 14.9 Å². The molecule has 132 valence electrons. The summed E-state index contributed by atoms with van der Waals surface area (Å²) in [6.45, 7) is 0. The third-order valence-electron chi connectivity index (χ3n) is 4.81. The van der Waals surface area contributed by atoms with Crippen molar-refractivity contribution in [1.29, 1.82) is 0 Å². The molecule has 6 heteroatoms. The van der Waals surface area contributed by atoms with Gasteiger partial charge in [0.15, 0.2) is 0 Å². The third kappa shape index (κ3) is 2.83. The number of allylic oxidation sites excluding steroid dienone is 1. The number of rotatable bonds is 3. The number of nitro groups is 1. The van der Waals surface area contributed by atoms with Crippen molar-refractivity contribution in [3.05, 3.63) is 81.6 Å². The number of non-ortho nitro benzene ring substituents is 1. The molecule has 4 rings (SSSR count). The molecule has 2 aliphatic rings. The van der Waals surface area contributed by atoms with Gasteiger partial charge in [-0.3, -0.25) is 19.8 Å². The second-order valence-corrected chi connectivity index (χ2v) is 6.44. The van der Waals surface area contributed by atoms with Crippen molar-refractivity contribution in [2.24, 2.45) is 0 Å². The van der Waals surface area contributed by atoms with Crippen molar-refractivity contribution < 1.29 is 14.5 Å². The first-order valence-electron chi connectivity index (χ1n) is 8.67. The van der Waals surface area contributed by atoms with Gasteiger partial charge in [-0.2, -0.15) is 0 Å². The standard InChI is InChI=1S/C20H18N2O4/c23-19-17-8-4-5-9-18(17)26-20(21(19)15-6-2-1-3-7-15)14-10-12-16(13-11-14)22(24)25/h1-3,6-7,10-13,20H,4-5,8-9H2. The lowest BCUT2D eigenvalue weighted by Crippen LogP contribution is -2.42. The van der Waals surface area contributed by atoms with E-state index in [2.05, 4.69) is 0 Å². The molecule has 1 heterocycles. The van der Waals surface area contributed by atoms with Gasteiger partial charge < -0.3 is 4.74 Å². The van der Waals surface area contributed by atoms with E-state index in [1.54, 1.807) is 17.0 Å². The van der Waals surface area contributed by atoms with Crippen LogP contribution < -0.4 is 4.90 Å². The maximum Gasteiger partial charge on any atom is 0.269 e. The van der Waals surface area contributed by atoms with Crippen molar-refractivity contribution in [3.8, 4) is 0 Å². The fraction of sp³-hybridized carbons (Fsp3) is 0.250. The van der Waals surface area contributed by atoms with Gasteiger partial charge in [0.2, 0.25) is 6.23 Å². The van der Waals surface area contributed by atoms with E-state index >= 15 is 0 Å². The number of amides is 1. The van der Waals surface area contributed by atoms with Crippen LogP contribution in [0.1, 0.15) is 37.5 Å². The Balaban J connectivity index is 1.78. The monoisotopic (exact) mass is 350 g/mol. The van der Waals surface area contributed by atoms with Crippen LogP contribution in [-0.4, -0.2) is 10.8 Å². The summed E-state index contributed by atoms with van der Waals surface area (Å²) in [5, 5.41) is 10.9. The van der Waals surface area contributed by atoms with E-state index in [-0.39, 0.29) is 11.6 Å². The highest BCUT2D eigenvalue weighted by molar-refractivity contribution is 6.07. The molecule has 1 unspecified atom stereocenters. The molecule has 0 radical (unpaired) electrons. The van der Waals surface area contributed by atoms with Gasteiger partial charge in [0.1, 0.15) is 5.76 Å². The number of nitro benzene ring substituents is 1. The van der Waals surface area contributed by atoms with Crippen LogP contribution in [0.3, 0.4) is 0 Å². The Hall–Kier alpha value is -3.15. The highest BCUT2D eigenvalue weighted by Gasteiger charge is 2.38. The van der Waals surface area contributed by atoms with Crippen LogP contribution in [0, 0.1) is 10.1 Å². The molecule has 0 bridgehead atoms. The summed E-state index contributed by atoms with van der Waals surface area (Å²) in [5.74, 6) is 0.720. The largest absolute Gasteiger partial charge is 0.470 e. The number of ether oxygens (including phenoxy) is 1. The Morgan fingerprint density at radius 1 is 1.00 bits per heavy atom. The van der Waals surface area contributed by atoms with E-state index in [0.717, 1.165) is 42.7 Å². The van der Waals surface area contributed by atoms with Crippen molar-refractivity contribution in [2.75, 3.05) is 4.90 Å². The van der Waals surface area contributed by atoms with Crippen LogP contribution in [0.15, 0.2) is 65.9 Å². The summed E-state index contributed by atoms with van der Waals surface area (Å²) in [4.78, 5) is 25.3. The van der Waals surface area contributed by atoms with Crippen LogP contribution in [0.4, 0.5) is 11.4 Å². The van der Waals surface area contributed by atoms with Crippen LogP contribution in [0.2, 0.25) is 0 Å². The second-order valence-electron chi connectivity index (χ2n) is 6.44. The van der Waals surface area contributed by atoms with E-state index in [1.165, 1.54) is 12.1 Å². The van der Waals surface area contributed by atoms with Gasteiger partial charge in [-0.05, 0) is 43.5 Å². The minimum atomic E-state index is -0.623. The molecule has 26 heavy (non-hydrogen) atoms. The quantitative estimate of drug-likeness (QED) is 0.604. The number of carbonyl (C=O) groups excluding carboxylic acids is 1. The Morgan fingerprint density at radius 2 is 1.69 bits per heavy atom. The molecule has 0 aromatic heterocycles. The van der Waals surface area contributed by atoms with Gasteiger partial charge in [-0.25, -0.2) is 0 Å². The molecule has 0 saturated heterocycles. The molecule has 2 aromatic carbocycles. The zero-order valence-corrected chi connectivity index (χ0v) is 14.1. The highest BCUT2D eigenvalue weighted by Crippen LogP contribution is 2.41. The van der Waals surface area contributed by atoms with Gasteiger partial charge in [-0.15, -0.1) is 0 Å². The zero-order valence-electron chi connectivity index (χ0n) is 14.1. The lowest BCUT2D eigenvalue weighted by molar-refractivity contribution is -0.384. The smallest absolute Gasteiger partial charge is 0.269 e. The molecule has 6 nitrogen and oxygen atoms in total. The Labute approximate surface area is 150 Å². The molecule has 0 N–H and O–H groups in total. The number of hydrogen-bond acceptors (Lipinski definition) is 4. The average Bonchev–Trinajstić information content (AvgIpc) is 2.68. The molecular weight excluding hydrogens is 332 g/mol. The molecule has 0 spiro atoms. The maximum absolute atomic E-state index is 13.2. The van der Waals surface area contributed by atoms with Gasteiger partial charge in [0.25, 0.3) is 11.6 Å². The predicted molar refractivity (Wildman–Crippen MR) is 96.3 cm³/mol. The van der Waals surface area contributed by atoms with Gasteiger partial charge in [0.05, 0.1) is 10.5 Å². The molecular formula is C20H18N2O4. The minimum Gasteiger partial charge on any atom is -0.470 e. The average molecular weight is 350 g/mol. The summed E-state index contributed by atoms with van der Waals surface area (Å²) in [6.07, 6.45) is 2.85. The minimum absolute atomic E-state index is 0.0136. The van der Waals surface area contributed by atoms with Crippen LogP contribution >= 0.6 is 0 Å². The van der Waals surface area contributed by atoms with Gasteiger partial charge in [-0.1, -0.05) is 18.2 Å². The molecule has 0 fully saturated rings. The zero-order chi connectivity index (χ0) is 18.1. The number of carbonyl (C=O) groups is 1. The van der Waals surface area contributed by atoms with E-state index < -0.39 is 11.2 Å². The first kappa shape index (κ1) is 16.3. The van der Waals surface area contributed by atoms with Crippen molar-refractivity contribution >= 4 is 17.3 Å². The fourth-order valence-electron chi connectivity index (χ4n) is 3.49. The van der Waals surface area contributed by atoms with E-state index in [4.69, 9.17) is 4.74 Å². The summed E-state index contributed by atoms with van der Waals surface area (Å²) in [5.41, 5.74) is 2.22. The lowest BCUT2D eigenvalue weighted by atomic mass is 9.94. The highest BCUT2D eigenvalue weighted by atomic mass is 16.6. The summed E-state index contributed by atoms with van der Waals surface area (Å²) < 4.78 is 6.23. The summed E-state index contributed by atoms with van der Waals surface area (Å²) in [7, 11) is 0. The fourth-order valence-corrected chi connectivity index (χ4v) is 3.49. The predicted octanol–water partition coefficient (Wildman–Crippen LogP) is 4.48.